The van der Waals surface area contributed by atoms with Crippen LogP contribution in [0.5, 0.6) is 5.75 Å². The average Bonchev–Trinajstić information content (AvgIpc) is 1.68. The number of aromatic amines is 3. The number of para-hydroxylation sites is 2. The molecule has 138 heavy (non-hydrogen) atoms. The normalized spacial score (nSPS) is 24.6. The van der Waals surface area contributed by atoms with E-state index in [1.165, 1.54) is 74.7 Å². The van der Waals surface area contributed by atoms with Gasteiger partial charge >= 0.3 is 5.97 Å². The highest BCUT2D eigenvalue weighted by molar-refractivity contribution is 8.00. The Bertz CT molecular complexity index is 5230. The zero-order valence-electron chi connectivity index (χ0n) is 79.4. The number of hydrazine groups is 1. The smallest absolute Gasteiger partial charge is 0.305 e. The molecule has 3 aromatic carbocycles. The summed E-state index contributed by atoms with van der Waals surface area (Å²) >= 11 is 0.787. The molecular formula is C94H135N23O20S. The minimum Gasteiger partial charge on any atom is -0.508 e. The van der Waals surface area contributed by atoms with Gasteiger partial charge in [-0.05, 0) is 138 Å². The molecule has 23 N–H and O–H groups in total. The van der Waals surface area contributed by atoms with Crippen LogP contribution in [0.4, 0.5) is 0 Å². The van der Waals surface area contributed by atoms with Crippen molar-refractivity contribution >= 4 is 134 Å². The van der Waals surface area contributed by atoms with E-state index in [2.05, 4.69) is 67.8 Å². The van der Waals surface area contributed by atoms with Crippen LogP contribution < -0.4 is 70.9 Å². The predicted molar refractivity (Wildman–Crippen MR) is 511 cm³/mol. The van der Waals surface area contributed by atoms with Crippen LogP contribution in [-0.2, 0) is 107 Å². The first-order valence-electron chi connectivity index (χ1n) is 47.1. The Hall–Kier alpha value is -13.1. The molecule has 0 spiro atoms. The Balaban J connectivity index is 1.12. The number of imidazole rings is 1. The third-order valence-corrected chi connectivity index (χ3v) is 26.3. The second-order valence-electron chi connectivity index (χ2n) is 36.0. The number of carboxylic acids is 1. The number of aliphatic hydroxyl groups excluding tert-OH is 1. The van der Waals surface area contributed by atoms with Crippen molar-refractivity contribution in [1.82, 2.24) is 97.3 Å². The van der Waals surface area contributed by atoms with Gasteiger partial charge < -0.3 is 120 Å². The SMILES string of the molecule is CCCC[C@H]1C(=O)N[C@@H](CC(C)C)C(=O)N[C@H](C(=O)NCC(N)=O)CSCC(=O)N[C@@H](Cc2ccc(O)cc2)C(=O)N(C)[C@@H](C)C(=O)N[C@@H](CC(=O)O)C(=O)N2CCC[C@H]2C(=O)N[C@@H](Cc2c[nH]cn2)C(=O)N[C@@H](CCCCN)C(=O)N2C[C@H](O)C[C@H]2C(=O)N[C@@H](Cc2c[nH]c3ccccc23)C(=O)N[C@@H](CCCCN)C(=O)N(N)[C@@H](Cc2c[nH]c3ccccc23)C(=O)N(C)[C@@H](CCCC)C(=O)N1C. The van der Waals surface area contributed by atoms with Crippen LogP contribution in [0.3, 0.4) is 0 Å². The summed E-state index contributed by atoms with van der Waals surface area (Å²) in [6.45, 7) is 7.45. The number of hydrogen-bond donors (Lipinski definition) is 19. The number of thioether (sulfide) groups is 1. The average molecular weight is 1940 g/mol. The van der Waals surface area contributed by atoms with E-state index in [4.69, 9.17) is 23.0 Å². The maximum absolute atomic E-state index is 16.1. The van der Waals surface area contributed by atoms with E-state index in [0.717, 1.165) is 26.5 Å². The standard InChI is InChI=1S/C94H135N23O20S/c1-9-11-28-73-86(129)107-67(38-53(3)4)83(126)111-72(82(125)102-48-78(97)120)50-138-51-79(121)104-70(39-55-31-33-59(118)34-32-55)89(132)112(6)54(5)81(124)110-71(44-80(122)123)91(134)115-37-21-30-74(115)87(130)109-69(42-58-47-99-52-103-58)85(128)105-65(26-17-19-35-95)90(133)116-49-60(119)43-76(116)88(131)108-68(40-56-45-100-63-24-15-13-22-61(56)63)84(127)106-66(27-18-20-36-96)92(135)117(98)77(41-57-46-101-64-25-16-14-23-62(57)64)94(137)114(8)75(29-12-10-2)93(136)113(73)7/h13-16,22-25,31-34,45-47,52-54,60,65-77,100-101,118-119H,9-12,17-21,26-30,35-44,48-51,95-96,98H2,1-8H3,(H2,97,120)(H,99,103)(H,102,125)(H,104,121)(H,105,128)(H,106,127)(H,107,129)(H,108,131)(H,109,130)(H,110,124)(H,111,126)(H,122,123)/t54-,60+,65-,66-,67-,68-,69-,70-,71-,72-,73-,74-,75-,76-,77-/m0/s1. The number of nitrogens with zero attached hydrogens (tertiary/aromatic N) is 7. The molecule has 0 radical (unpaired) electrons. The van der Waals surface area contributed by atoms with Crippen LogP contribution >= 0.6 is 11.8 Å². The largest absolute Gasteiger partial charge is 0.508 e. The molecule has 9 rings (SSSR count). The van der Waals surface area contributed by atoms with Gasteiger partial charge in [0.1, 0.15) is 90.3 Å². The summed E-state index contributed by atoms with van der Waals surface area (Å²) in [6, 6.07) is -1.84. The number of carbonyl (C=O) groups is 17. The number of carbonyl (C=O) groups excluding carboxylic acids is 16. The van der Waals surface area contributed by atoms with Crippen LogP contribution in [0.25, 0.3) is 21.8 Å². The summed E-state index contributed by atoms with van der Waals surface area (Å²) in [7, 11) is 3.96. The van der Waals surface area contributed by atoms with Gasteiger partial charge in [0, 0.05) is 112 Å². The topological polar surface area (TPSA) is 643 Å². The molecule has 43 nitrogen and oxygen atoms in total. The highest BCUT2D eigenvalue weighted by Gasteiger charge is 2.48. The maximum atomic E-state index is 16.1. The van der Waals surface area contributed by atoms with Crippen molar-refractivity contribution < 1.29 is 96.8 Å². The molecule has 0 bridgehead atoms. The van der Waals surface area contributed by atoms with E-state index in [9.17, 15) is 58.5 Å². The molecule has 3 aliphatic rings. The molecule has 0 saturated carbocycles. The van der Waals surface area contributed by atoms with Crippen LogP contribution in [0.1, 0.15) is 166 Å². The molecule has 752 valence electrons. The van der Waals surface area contributed by atoms with Crippen molar-refractivity contribution in [2.24, 2.45) is 29.0 Å². The van der Waals surface area contributed by atoms with E-state index in [1.807, 2.05) is 13.8 Å². The lowest BCUT2D eigenvalue weighted by Crippen LogP contribution is -2.63. The van der Waals surface area contributed by atoms with E-state index in [-0.39, 0.29) is 120 Å². The van der Waals surface area contributed by atoms with Crippen molar-refractivity contribution in [2.75, 3.05) is 65.4 Å². The van der Waals surface area contributed by atoms with Gasteiger partial charge in [-0.2, -0.15) is 0 Å². The first-order valence-corrected chi connectivity index (χ1v) is 48.2. The summed E-state index contributed by atoms with van der Waals surface area (Å²) < 4.78 is 0. The predicted octanol–water partition coefficient (Wildman–Crippen LogP) is -0.741. The highest BCUT2D eigenvalue weighted by atomic mass is 32.2. The molecule has 6 aromatic rings. The number of fused-ring (bicyclic) bond motifs is 4. The van der Waals surface area contributed by atoms with Crippen LogP contribution in [-0.4, -0.2) is 321 Å². The highest BCUT2D eigenvalue weighted by Crippen LogP contribution is 2.29. The van der Waals surface area contributed by atoms with Crippen molar-refractivity contribution in [2.45, 2.75) is 260 Å². The number of likely N-dealkylation sites (N-methyl/N-ethyl adjacent to an activating group) is 3. The molecule has 3 aliphatic heterocycles. The Morgan fingerprint density at radius 2 is 1.08 bits per heavy atom. The van der Waals surface area contributed by atoms with E-state index in [0.29, 0.717) is 82.0 Å². The number of aromatic hydroxyl groups is 1. The molecule has 44 heteroatoms. The molecule has 6 heterocycles. The number of aliphatic hydroxyl groups is 1. The van der Waals surface area contributed by atoms with E-state index >= 15 is 38.4 Å². The molecule has 15 atom stereocenters. The molecule has 3 fully saturated rings. The lowest BCUT2D eigenvalue weighted by molar-refractivity contribution is -0.153. The van der Waals surface area contributed by atoms with Crippen LogP contribution in [0, 0.1) is 5.92 Å². The van der Waals surface area contributed by atoms with Crippen molar-refractivity contribution in [3.8, 4) is 5.75 Å². The van der Waals surface area contributed by atoms with Crippen molar-refractivity contribution in [1.29, 1.82) is 0 Å². The lowest BCUT2D eigenvalue weighted by atomic mass is 9.98. The fourth-order valence-corrected chi connectivity index (χ4v) is 18.3. The molecule has 16 amide bonds. The maximum Gasteiger partial charge on any atom is 0.305 e. The summed E-state index contributed by atoms with van der Waals surface area (Å²) in [5.41, 5.74) is 20.5. The van der Waals surface area contributed by atoms with E-state index < -0.39 is 229 Å². The van der Waals surface area contributed by atoms with Gasteiger partial charge in [0.2, 0.25) is 88.6 Å². The summed E-state index contributed by atoms with van der Waals surface area (Å²) in [6.07, 6.45) is 4.61. The zero-order chi connectivity index (χ0) is 101. The number of primary amides is 1. The van der Waals surface area contributed by atoms with Crippen molar-refractivity contribution in [3.63, 3.8) is 0 Å². The number of H-pyrrole nitrogens is 3. The summed E-state index contributed by atoms with van der Waals surface area (Å²) in [5.74, 6) is -10.6. The van der Waals surface area contributed by atoms with Gasteiger partial charge in [0.15, 0.2) is 0 Å². The Kier molecular flexibility index (Phi) is 41.3. The Morgan fingerprint density at radius 1 is 0.543 bits per heavy atom. The van der Waals surface area contributed by atoms with Crippen molar-refractivity contribution in [3.05, 3.63) is 120 Å². The number of hydrogen-bond acceptors (Lipinski definition) is 24. The van der Waals surface area contributed by atoms with Gasteiger partial charge in [0.05, 0.1) is 36.8 Å². The number of amides is 16. The quantitative estimate of drug-likeness (QED) is 0.0156. The number of unbranched alkanes of at least 4 members (excludes halogenated alkanes) is 4. The van der Waals surface area contributed by atoms with Crippen LogP contribution in [0.2, 0.25) is 0 Å². The number of carboxylic acid groups (broad SMARTS) is 1. The van der Waals surface area contributed by atoms with Gasteiger partial charge in [-0.25, -0.2) is 10.8 Å². The first-order chi connectivity index (χ1) is 65.9. The number of aliphatic carboxylic acids is 1. The van der Waals surface area contributed by atoms with Gasteiger partial charge in [-0.15, -0.1) is 11.8 Å². The Morgan fingerprint density at radius 3 is 1.66 bits per heavy atom. The van der Waals surface area contributed by atoms with Gasteiger partial charge in [-0.1, -0.05) is 102 Å². The minimum absolute atomic E-state index is 0.00571. The molecule has 0 aliphatic carbocycles. The molecule has 3 saturated heterocycles. The Labute approximate surface area is 804 Å². The number of nitrogens with two attached hydrogens (primary N) is 4. The number of aromatic nitrogens is 4. The number of phenolic OH excluding ortho intramolecular Hbond substituents is 1. The summed E-state index contributed by atoms with van der Waals surface area (Å²) in [4.78, 5) is 271. The first kappa shape index (κ1) is 109. The van der Waals surface area contributed by atoms with Crippen LogP contribution in [0.15, 0.2) is 97.7 Å². The fraction of sp³-hybridized carbons (Fsp3) is 0.553. The molecule has 0 unspecified atom stereocenters. The third-order valence-electron chi connectivity index (χ3n) is 25.2. The second kappa shape index (κ2) is 52.5. The third kappa shape index (κ3) is 30.0. The number of phenols is 1. The number of nitrogens with one attached hydrogen (secondary N) is 12. The van der Waals surface area contributed by atoms with Gasteiger partial charge in [0.25, 0.3) is 5.91 Å². The fourth-order valence-electron chi connectivity index (χ4n) is 17.4. The number of rotatable bonds is 29. The summed E-state index contributed by atoms with van der Waals surface area (Å²) in [5, 5.41) is 58.3. The molecular weight excluding hydrogens is 1800 g/mol. The number of benzene rings is 3. The van der Waals surface area contributed by atoms with Gasteiger partial charge in [-0.3, -0.25) is 86.5 Å². The minimum atomic E-state index is -1.90. The van der Waals surface area contributed by atoms with E-state index in [1.54, 1.807) is 74.8 Å². The lowest BCUT2D eigenvalue weighted by Gasteiger charge is -2.38. The molecule has 3 aromatic heterocycles. The zero-order valence-corrected chi connectivity index (χ0v) is 80.2. The monoisotopic (exact) mass is 1940 g/mol. The second-order valence-corrected chi connectivity index (χ2v) is 37.0.